The second-order valence-corrected chi connectivity index (χ2v) is 11.0. The third kappa shape index (κ3) is 6.67. The van der Waals surface area contributed by atoms with Gasteiger partial charge >= 0.3 is 6.09 Å². The van der Waals surface area contributed by atoms with E-state index in [-0.39, 0.29) is 22.9 Å². The highest BCUT2D eigenvalue weighted by Gasteiger charge is 2.44. The van der Waals surface area contributed by atoms with E-state index in [0.29, 0.717) is 19.9 Å². The molecule has 1 amide bonds. The molecule has 0 radical (unpaired) electrons. The van der Waals surface area contributed by atoms with Crippen molar-refractivity contribution in [2.24, 2.45) is 0 Å². The summed E-state index contributed by atoms with van der Waals surface area (Å²) < 4.78 is 23.0. The van der Waals surface area contributed by atoms with Crippen molar-refractivity contribution in [3.05, 3.63) is 34.3 Å². The third-order valence-corrected chi connectivity index (χ3v) is 6.80. The molecule has 0 N–H and O–H groups in total. The van der Waals surface area contributed by atoms with Gasteiger partial charge in [-0.3, -0.25) is 0 Å². The summed E-state index contributed by atoms with van der Waals surface area (Å²) in [4.78, 5) is 13.9. The van der Waals surface area contributed by atoms with E-state index in [1.54, 1.807) is 12.0 Å². The Morgan fingerprint density at radius 1 is 1.00 bits per heavy atom. The zero-order valence-corrected chi connectivity index (χ0v) is 21.8. The van der Waals surface area contributed by atoms with E-state index in [9.17, 15) is 4.79 Å². The van der Waals surface area contributed by atoms with Crippen LogP contribution in [0.25, 0.3) is 0 Å². The Morgan fingerprint density at radius 2 is 1.48 bits per heavy atom. The molecule has 2 saturated heterocycles. The molecule has 0 saturated carbocycles. The van der Waals surface area contributed by atoms with Gasteiger partial charge < -0.3 is 23.8 Å². The van der Waals surface area contributed by atoms with Crippen LogP contribution in [0.4, 0.5) is 4.79 Å². The second-order valence-electron chi connectivity index (χ2n) is 10.1. The lowest BCUT2D eigenvalue weighted by atomic mass is 9.84. The summed E-state index contributed by atoms with van der Waals surface area (Å²) in [5.41, 5.74) is 0.111. The molecule has 0 aromatic heterocycles. The first kappa shape index (κ1) is 26.1. The number of amides is 1. The van der Waals surface area contributed by atoms with Gasteiger partial charge in [0.25, 0.3) is 0 Å². The predicted octanol–water partition coefficient (Wildman–Crippen LogP) is 5.87. The monoisotopic (exact) mass is 499 g/mol. The number of carbonyl (C=O) groups is 1. The maximum Gasteiger partial charge on any atom is 0.410 e. The fourth-order valence-electron chi connectivity index (χ4n) is 3.41. The number of likely N-dealkylation sites (tertiary alicyclic amines) is 1. The number of hydrogen-bond acceptors (Lipinski definition) is 5. The van der Waals surface area contributed by atoms with Gasteiger partial charge in [-0.25, -0.2) is 4.79 Å². The molecule has 6 nitrogen and oxygen atoms in total. The smallest absolute Gasteiger partial charge is 0.410 e. The van der Waals surface area contributed by atoms with E-state index < -0.39 is 5.60 Å². The molecule has 1 aromatic rings. The summed E-state index contributed by atoms with van der Waals surface area (Å²) in [5.74, 6) is 0. The van der Waals surface area contributed by atoms with Crippen LogP contribution in [0.3, 0.4) is 0 Å². The second kappa shape index (κ2) is 9.77. The minimum Gasteiger partial charge on any atom is -0.444 e. The fourth-order valence-corrected chi connectivity index (χ4v) is 3.68. The lowest BCUT2D eigenvalue weighted by Crippen LogP contribution is -2.47. The molecule has 176 valence electrons. The molecule has 31 heavy (non-hydrogen) atoms. The van der Waals surface area contributed by atoms with Crippen molar-refractivity contribution in [1.82, 2.24) is 4.90 Å². The zero-order chi connectivity index (χ0) is 23.5. The van der Waals surface area contributed by atoms with Gasteiger partial charge in [-0.2, -0.15) is 0 Å². The summed E-state index contributed by atoms with van der Waals surface area (Å²) in [6, 6.07) is 8.21. The van der Waals surface area contributed by atoms with Crippen molar-refractivity contribution >= 4 is 22.0 Å². The average Bonchev–Trinajstić information content (AvgIpc) is 2.92. The number of carbonyl (C=O) groups excluding carboxylic acids is 1. The minimum absolute atomic E-state index is 0.132. The van der Waals surface area contributed by atoms with Gasteiger partial charge in [-0.05, 0) is 79.0 Å². The number of halogens is 1. The van der Waals surface area contributed by atoms with Gasteiger partial charge in [-0.15, -0.1) is 0 Å². The first-order valence-corrected chi connectivity index (χ1v) is 11.6. The highest BCUT2D eigenvalue weighted by atomic mass is 79.9. The van der Waals surface area contributed by atoms with Crippen LogP contribution in [0.15, 0.2) is 28.7 Å². The van der Waals surface area contributed by atoms with Crippen LogP contribution in [0.1, 0.15) is 66.9 Å². The molecule has 0 aliphatic carbocycles. The van der Waals surface area contributed by atoms with Crippen molar-refractivity contribution < 1.29 is 23.7 Å². The number of benzene rings is 1. The largest absolute Gasteiger partial charge is 0.444 e. The molecule has 1 aromatic carbocycles. The van der Waals surface area contributed by atoms with Crippen LogP contribution >= 0.6 is 15.9 Å². The van der Waals surface area contributed by atoms with Crippen LogP contribution in [0.2, 0.25) is 0 Å². The minimum atomic E-state index is -0.460. The van der Waals surface area contributed by atoms with Crippen LogP contribution < -0.4 is 0 Å². The maximum atomic E-state index is 12.2. The summed E-state index contributed by atoms with van der Waals surface area (Å²) in [6.45, 7) is 15.5. The standard InChI is InChI=1S/C17H24BrNO3.C7H14O2/c1-16(2,3)22-15(20)19-11-9-17(21-4,10-12-19)13-5-7-14(18)8-6-13;1-6(2)7(3,4)9-5-8-6/h5-8H,9-12H2,1-4H3;5H2,1-4H3. The molecule has 0 unspecified atom stereocenters. The molecule has 0 bridgehead atoms. The summed E-state index contributed by atoms with van der Waals surface area (Å²) in [6.07, 6.45) is 1.29. The molecule has 2 heterocycles. The van der Waals surface area contributed by atoms with E-state index >= 15 is 0 Å². The third-order valence-electron chi connectivity index (χ3n) is 6.27. The van der Waals surface area contributed by atoms with E-state index in [0.717, 1.165) is 22.9 Å². The number of piperidine rings is 1. The SMILES string of the molecule is CC1(C)OCOC1(C)C.COC1(c2ccc(Br)cc2)CCN(C(=O)OC(C)(C)C)CC1. The molecule has 2 fully saturated rings. The summed E-state index contributed by atoms with van der Waals surface area (Å²) in [7, 11) is 1.74. The quantitative estimate of drug-likeness (QED) is 0.509. The van der Waals surface area contributed by atoms with Crippen LogP contribution in [0, 0.1) is 0 Å². The first-order valence-electron chi connectivity index (χ1n) is 10.8. The van der Waals surface area contributed by atoms with E-state index in [4.69, 9.17) is 18.9 Å². The van der Waals surface area contributed by atoms with Gasteiger partial charge in [0.1, 0.15) is 12.4 Å². The van der Waals surface area contributed by atoms with Crippen LogP contribution in [-0.2, 0) is 24.5 Å². The summed E-state index contributed by atoms with van der Waals surface area (Å²) in [5, 5.41) is 0. The molecular formula is C24H38BrNO5. The Balaban J connectivity index is 0.000000316. The molecule has 2 aliphatic rings. The Morgan fingerprint density at radius 3 is 1.84 bits per heavy atom. The molecular weight excluding hydrogens is 462 g/mol. The van der Waals surface area contributed by atoms with Gasteiger partial charge in [0.2, 0.25) is 0 Å². The van der Waals surface area contributed by atoms with Gasteiger partial charge in [0.15, 0.2) is 0 Å². The number of ether oxygens (including phenoxy) is 4. The Kier molecular flexibility index (Phi) is 8.23. The fraction of sp³-hybridized carbons (Fsp3) is 0.708. The van der Waals surface area contributed by atoms with Crippen molar-refractivity contribution in [3.8, 4) is 0 Å². The Hall–Kier alpha value is -1.15. The number of methoxy groups -OCH3 is 1. The molecule has 2 aliphatic heterocycles. The lowest BCUT2D eigenvalue weighted by molar-refractivity contribution is -0.0650. The Labute approximate surface area is 195 Å². The van der Waals surface area contributed by atoms with Gasteiger partial charge in [0.05, 0.1) is 16.8 Å². The predicted molar refractivity (Wildman–Crippen MR) is 125 cm³/mol. The summed E-state index contributed by atoms with van der Waals surface area (Å²) >= 11 is 3.46. The van der Waals surface area contributed by atoms with Crippen molar-refractivity contribution in [2.75, 3.05) is 27.0 Å². The Bertz CT molecular complexity index is 717. The molecule has 3 rings (SSSR count). The van der Waals surface area contributed by atoms with Crippen molar-refractivity contribution in [3.63, 3.8) is 0 Å². The van der Waals surface area contributed by atoms with E-state index in [1.807, 2.05) is 60.6 Å². The highest BCUT2D eigenvalue weighted by Crippen LogP contribution is 2.37. The maximum absolute atomic E-state index is 12.2. The average molecular weight is 500 g/mol. The van der Waals surface area contributed by atoms with Crippen LogP contribution in [-0.4, -0.2) is 54.8 Å². The van der Waals surface area contributed by atoms with E-state index in [2.05, 4.69) is 28.1 Å². The number of hydrogen-bond donors (Lipinski definition) is 0. The van der Waals surface area contributed by atoms with E-state index in [1.165, 1.54) is 0 Å². The number of nitrogens with zero attached hydrogens (tertiary/aromatic N) is 1. The normalized spacial score (nSPS) is 21.8. The number of rotatable bonds is 2. The lowest BCUT2D eigenvalue weighted by Gasteiger charge is -2.41. The van der Waals surface area contributed by atoms with Crippen molar-refractivity contribution in [1.29, 1.82) is 0 Å². The van der Waals surface area contributed by atoms with Gasteiger partial charge in [0, 0.05) is 24.7 Å². The van der Waals surface area contributed by atoms with Gasteiger partial charge in [-0.1, -0.05) is 28.1 Å². The van der Waals surface area contributed by atoms with Crippen LogP contribution in [0.5, 0.6) is 0 Å². The topological polar surface area (TPSA) is 57.2 Å². The molecule has 0 spiro atoms. The van der Waals surface area contributed by atoms with Crippen molar-refractivity contribution in [2.45, 2.75) is 83.7 Å². The first-order chi connectivity index (χ1) is 14.2. The molecule has 0 atom stereocenters. The highest BCUT2D eigenvalue weighted by molar-refractivity contribution is 9.10. The molecule has 7 heteroatoms. The zero-order valence-electron chi connectivity index (χ0n) is 20.2.